The summed E-state index contributed by atoms with van der Waals surface area (Å²) in [5.74, 6) is 0.315. The molecular weight excluding hydrogens is 258 g/mol. The van der Waals surface area contributed by atoms with Crippen molar-refractivity contribution in [1.82, 2.24) is 10.1 Å². The topological polar surface area (TPSA) is 91.2 Å². The molecule has 0 saturated heterocycles. The Labute approximate surface area is 114 Å². The van der Waals surface area contributed by atoms with Crippen molar-refractivity contribution in [3.05, 3.63) is 42.1 Å². The Morgan fingerprint density at radius 3 is 3.05 bits per heavy atom. The Morgan fingerprint density at radius 2 is 2.20 bits per heavy atom. The monoisotopic (exact) mass is 269 g/mol. The van der Waals surface area contributed by atoms with E-state index < -0.39 is 0 Å². The molecule has 0 aliphatic heterocycles. The summed E-state index contributed by atoms with van der Waals surface area (Å²) >= 11 is 0. The number of benzene rings is 1. The van der Waals surface area contributed by atoms with Gasteiger partial charge in [0.05, 0.1) is 5.39 Å². The summed E-state index contributed by atoms with van der Waals surface area (Å²) in [6.45, 7) is 0.667. The molecule has 0 saturated carbocycles. The van der Waals surface area contributed by atoms with Crippen molar-refractivity contribution in [2.24, 2.45) is 0 Å². The molecule has 6 nitrogen and oxygen atoms in total. The first-order valence-corrected chi connectivity index (χ1v) is 5.93. The lowest BCUT2D eigenvalue weighted by atomic mass is 10.0. The molecule has 0 bridgehead atoms. The fourth-order valence-corrected chi connectivity index (χ4v) is 1.98. The van der Waals surface area contributed by atoms with E-state index >= 15 is 0 Å². The molecule has 3 aromatic rings. The molecule has 0 amide bonds. The minimum Gasteiger partial charge on any atom is -0.463 e. The first-order valence-electron chi connectivity index (χ1n) is 5.93. The standard InChI is InChI=1S/C14H11N3O3/c15-13-12-5-11(6-16-14(12)20-17-13)10-3-1-2-9(4-10)7-19-8-18/h1-6,8H,7H2,(H2,15,17). The number of carbonyl (C=O) groups excluding carboxylic acids is 1. The minimum absolute atomic E-state index is 0.239. The Hall–Kier alpha value is -2.89. The van der Waals surface area contributed by atoms with E-state index in [1.54, 1.807) is 6.20 Å². The van der Waals surface area contributed by atoms with Gasteiger partial charge in [0.15, 0.2) is 5.82 Å². The van der Waals surface area contributed by atoms with Gasteiger partial charge >= 0.3 is 0 Å². The van der Waals surface area contributed by atoms with Crippen LogP contribution in [0.3, 0.4) is 0 Å². The minimum atomic E-state index is 0.239. The average molecular weight is 269 g/mol. The summed E-state index contributed by atoms with van der Waals surface area (Å²) in [5.41, 5.74) is 8.86. The van der Waals surface area contributed by atoms with Crippen molar-refractivity contribution in [2.75, 3.05) is 5.73 Å². The molecular formula is C14H11N3O3. The van der Waals surface area contributed by atoms with Gasteiger partial charge in [-0.1, -0.05) is 23.4 Å². The summed E-state index contributed by atoms with van der Waals surface area (Å²) in [7, 11) is 0. The van der Waals surface area contributed by atoms with Crippen LogP contribution in [0.15, 0.2) is 41.1 Å². The van der Waals surface area contributed by atoms with Gasteiger partial charge in [0.25, 0.3) is 12.2 Å². The fraction of sp³-hybridized carbons (Fsp3) is 0.0714. The van der Waals surface area contributed by atoms with E-state index in [1.165, 1.54) is 0 Å². The van der Waals surface area contributed by atoms with E-state index in [0.717, 1.165) is 16.7 Å². The van der Waals surface area contributed by atoms with E-state index in [4.69, 9.17) is 15.0 Å². The summed E-state index contributed by atoms with van der Waals surface area (Å²) in [6.07, 6.45) is 1.69. The van der Waals surface area contributed by atoms with Crippen molar-refractivity contribution in [3.8, 4) is 11.1 Å². The van der Waals surface area contributed by atoms with Gasteiger partial charge in [-0.25, -0.2) is 4.98 Å². The van der Waals surface area contributed by atoms with Gasteiger partial charge in [0.2, 0.25) is 0 Å². The van der Waals surface area contributed by atoms with Crippen LogP contribution in [0, 0.1) is 0 Å². The highest BCUT2D eigenvalue weighted by Gasteiger charge is 2.08. The highest BCUT2D eigenvalue weighted by Crippen LogP contribution is 2.26. The summed E-state index contributed by atoms with van der Waals surface area (Å²) in [6, 6.07) is 9.51. The van der Waals surface area contributed by atoms with Crippen LogP contribution in [-0.4, -0.2) is 16.6 Å². The largest absolute Gasteiger partial charge is 0.463 e. The Morgan fingerprint density at radius 1 is 1.30 bits per heavy atom. The van der Waals surface area contributed by atoms with E-state index in [-0.39, 0.29) is 6.61 Å². The Kier molecular flexibility index (Phi) is 3.04. The Balaban J connectivity index is 2.01. The predicted octanol–water partition coefficient (Wildman–Crippen LogP) is 2.14. The quantitative estimate of drug-likeness (QED) is 0.729. The number of rotatable bonds is 4. The van der Waals surface area contributed by atoms with Crippen LogP contribution in [-0.2, 0) is 16.1 Å². The first kappa shape index (κ1) is 12.2. The van der Waals surface area contributed by atoms with Crippen LogP contribution < -0.4 is 5.73 Å². The molecule has 0 atom stereocenters. The number of anilines is 1. The van der Waals surface area contributed by atoms with Crippen molar-refractivity contribution in [3.63, 3.8) is 0 Å². The fourth-order valence-electron chi connectivity index (χ4n) is 1.98. The number of nitrogen functional groups attached to an aromatic ring is 1. The number of aromatic nitrogens is 2. The van der Waals surface area contributed by atoms with E-state index in [2.05, 4.69) is 10.1 Å². The maximum absolute atomic E-state index is 10.2. The smallest absolute Gasteiger partial charge is 0.293 e. The van der Waals surface area contributed by atoms with Crippen molar-refractivity contribution < 1.29 is 14.1 Å². The third-order valence-corrected chi connectivity index (χ3v) is 2.94. The number of hydrogen-bond acceptors (Lipinski definition) is 6. The van der Waals surface area contributed by atoms with Gasteiger partial charge in [-0.15, -0.1) is 0 Å². The number of ether oxygens (including phenoxy) is 1. The van der Waals surface area contributed by atoms with Gasteiger partial charge in [-0.2, -0.15) is 0 Å². The predicted molar refractivity (Wildman–Crippen MR) is 72.5 cm³/mol. The van der Waals surface area contributed by atoms with Crippen LogP contribution in [0.4, 0.5) is 5.82 Å². The van der Waals surface area contributed by atoms with E-state index in [0.29, 0.717) is 23.4 Å². The number of carbonyl (C=O) groups is 1. The second-order valence-electron chi connectivity index (χ2n) is 4.25. The molecule has 2 N–H and O–H groups in total. The maximum Gasteiger partial charge on any atom is 0.293 e. The van der Waals surface area contributed by atoms with Gasteiger partial charge in [0.1, 0.15) is 6.61 Å². The molecule has 20 heavy (non-hydrogen) atoms. The molecule has 0 aliphatic carbocycles. The highest BCUT2D eigenvalue weighted by molar-refractivity contribution is 5.87. The molecule has 6 heteroatoms. The second-order valence-corrected chi connectivity index (χ2v) is 4.25. The maximum atomic E-state index is 10.2. The summed E-state index contributed by atoms with van der Waals surface area (Å²) in [5, 5.41) is 4.35. The number of fused-ring (bicyclic) bond motifs is 1. The lowest BCUT2D eigenvalue weighted by Gasteiger charge is -2.04. The lowest BCUT2D eigenvalue weighted by molar-refractivity contribution is -0.129. The zero-order chi connectivity index (χ0) is 13.9. The molecule has 0 spiro atoms. The van der Waals surface area contributed by atoms with Crippen LogP contribution in [0.25, 0.3) is 22.2 Å². The van der Waals surface area contributed by atoms with Crippen molar-refractivity contribution in [2.45, 2.75) is 6.61 Å². The SMILES string of the molecule is Nc1noc2ncc(-c3cccc(COC=O)c3)cc12. The average Bonchev–Trinajstić information content (AvgIpc) is 2.86. The van der Waals surface area contributed by atoms with Crippen LogP contribution in [0.2, 0.25) is 0 Å². The normalized spacial score (nSPS) is 10.6. The van der Waals surface area contributed by atoms with Crippen LogP contribution in [0.5, 0.6) is 0 Å². The third-order valence-electron chi connectivity index (χ3n) is 2.94. The summed E-state index contributed by atoms with van der Waals surface area (Å²) in [4.78, 5) is 14.4. The van der Waals surface area contributed by atoms with Gasteiger partial charge < -0.3 is 15.0 Å². The zero-order valence-corrected chi connectivity index (χ0v) is 10.4. The molecule has 2 aromatic heterocycles. The molecule has 2 heterocycles. The molecule has 0 aliphatic rings. The summed E-state index contributed by atoms with van der Waals surface area (Å²) < 4.78 is 9.72. The number of nitrogens with two attached hydrogens (primary N) is 1. The van der Waals surface area contributed by atoms with Crippen LogP contribution in [0.1, 0.15) is 5.56 Å². The first-order chi connectivity index (χ1) is 9.78. The molecule has 0 unspecified atom stereocenters. The highest BCUT2D eigenvalue weighted by atomic mass is 16.5. The number of nitrogens with zero attached hydrogens (tertiary/aromatic N) is 2. The van der Waals surface area contributed by atoms with E-state index in [9.17, 15) is 4.79 Å². The molecule has 0 radical (unpaired) electrons. The molecule has 0 fully saturated rings. The van der Waals surface area contributed by atoms with Crippen molar-refractivity contribution in [1.29, 1.82) is 0 Å². The molecule has 1 aromatic carbocycles. The number of pyridine rings is 1. The van der Waals surface area contributed by atoms with Crippen molar-refractivity contribution >= 4 is 23.4 Å². The zero-order valence-electron chi connectivity index (χ0n) is 10.4. The van der Waals surface area contributed by atoms with E-state index in [1.807, 2.05) is 30.3 Å². The van der Waals surface area contributed by atoms with Crippen LogP contribution >= 0.6 is 0 Å². The van der Waals surface area contributed by atoms with Gasteiger partial charge in [-0.3, -0.25) is 4.79 Å². The van der Waals surface area contributed by atoms with Gasteiger partial charge in [0, 0.05) is 11.8 Å². The second kappa shape index (κ2) is 5.00. The van der Waals surface area contributed by atoms with Gasteiger partial charge in [-0.05, 0) is 23.3 Å². The molecule has 100 valence electrons. The Bertz CT molecular complexity index is 767. The lowest BCUT2D eigenvalue weighted by Crippen LogP contribution is -1.91. The third kappa shape index (κ3) is 2.18. The number of hydrogen-bond donors (Lipinski definition) is 1. The molecule has 3 rings (SSSR count).